The Kier molecular flexibility index (Phi) is 4.26. The quantitative estimate of drug-likeness (QED) is 0.708. The van der Waals surface area contributed by atoms with Gasteiger partial charge in [0.15, 0.2) is 0 Å². The van der Waals surface area contributed by atoms with Crippen molar-refractivity contribution < 1.29 is 12.9 Å². The summed E-state index contributed by atoms with van der Waals surface area (Å²) in [6.07, 6.45) is 2.13. The summed E-state index contributed by atoms with van der Waals surface area (Å²) < 4.78 is 34.0. The van der Waals surface area contributed by atoms with Gasteiger partial charge < -0.3 is 4.52 Å². The number of hydrogen-bond acceptors (Lipinski definition) is 5. The van der Waals surface area contributed by atoms with Crippen molar-refractivity contribution in [1.82, 2.24) is 10.1 Å². The number of aromatic nitrogens is 2. The number of rotatable bonds is 5. The van der Waals surface area contributed by atoms with Gasteiger partial charge in [0.25, 0.3) is 10.0 Å². The van der Waals surface area contributed by atoms with Crippen LogP contribution < -0.4 is 4.72 Å². The van der Waals surface area contributed by atoms with Gasteiger partial charge in [0.05, 0.1) is 10.6 Å². The zero-order valence-electron chi connectivity index (χ0n) is 15.5. The Hall–Kier alpha value is -2.67. The Morgan fingerprint density at radius 3 is 2.52 bits per heavy atom. The van der Waals surface area contributed by atoms with E-state index in [4.69, 9.17) is 4.52 Å². The van der Waals surface area contributed by atoms with Crippen LogP contribution in [-0.2, 0) is 10.0 Å². The Balaban J connectivity index is 1.68. The second-order valence-electron chi connectivity index (χ2n) is 7.13. The van der Waals surface area contributed by atoms with E-state index in [0.717, 1.165) is 24.0 Å². The molecule has 1 aliphatic rings. The maximum absolute atomic E-state index is 13.0. The van der Waals surface area contributed by atoms with Gasteiger partial charge in [0.1, 0.15) is 0 Å². The highest BCUT2D eigenvalue weighted by atomic mass is 32.2. The van der Waals surface area contributed by atoms with Gasteiger partial charge in [0, 0.05) is 11.5 Å². The molecule has 0 atom stereocenters. The maximum Gasteiger partial charge on any atom is 0.262 e. The lowest BCUT2D eigenvalue weighted by Gasteiger charge is -2.13. The first-order valence-corrected chi connectivity index (χ1v) is 10.4. The minimum Gasteiger partial charge on any atom is -0.339 e. The smallest absolute Gasteiger partial charge is 0.262 e. The van der Waals surface area contributed by atoms with Gasteiger partial charge >= 0.3 is 0 Å². The molecule has 0 bridgehead atoms. The molecule has 140 valence electrons. The Bertz CT molecular complexity index is 1120. The molecule has 0 saturated heterocycles. The van der Waals surface area contributed by atoms with Crippen LogP contribution in [-0.4, -0.2) is 18.6 Å². The van der Waals surface area contributed by atoms with E-state index in [1.165, 1.54) is 0 Å². The van der Waals surface area contributed by atoms with Crippen molar-refractivity contribution in [3.8, 4) is 11.4 Å². The maximum atomic E-state index is 13.0. The minimum atomic E-state index is -3.74. The molecule has 1 aromatic heterocycles. The standard InChI is InChI=1S/C20H21N3O3S/c1-12-4-9-17(14(3)10-12)23-27(24,25)18-11-16(6-5-13(18)2)19-21-20(26-22-19)15-7-8-15/h4-6,9-11,15,23H,7-8H2,1-3H3. The van der Waals surface area contributed by atoms with Gasteiger partial charge in [-0.15, -0.1) is 0 Å². The highest BCUT2D eigenvalue weighted by molar-refractivity contribution is 7.92. The zero-order chi connectivity index (χ0) is 19.2. The van der Waals surface area contributed by atoms with Crippen LogP contribution in [0.5, 0.6) is 0 Å². The third kappa shape index (κ3) is 3.60. The molecule has 0 radical (unpaired) electrons. The molecule has 1 saturated carbocycles. The molecule has 1 aliphatic carbocycles. The van der Waals surface area contributed by atoms with Crippen molar-refractivity contribution in [2.45, 2.75) is 44.4 Å². The zero-order valence-corrected chi connectivity index (χ0v) is 16.3. The van der Waals surface area contributed by atoms with E-state index in [-0.39, 0.29) is 4.90 Å². The summed E-state index contributed by atoms with van der Waals surface area (Å²) in [7, 11) is -3.74. The van der Waals surface area contributed by atoms with Crippen molar-refractivity contribution in [1.29, 1.82) is 0 Å². The average molecular weight is 383 g/mol. The van der Waals surface area contributed by atoms with Crippen LogP contribution in [0.15, 0.2) is 45.8 Å². The highest BCUT2D eigenvalue weighted by Crippen LogP contribution is 2.39. The van der Waals surface area contributed by atoms with Crippen LogP contribution in [0.4, 0.5) is 5.69 Å². The fourth-order valence-electron chi connectivity index (χ4n) is 3.01. The van der Waals surface area contributed by atoms with Crippen molar-refractivity contribution in [3.63, 3.8) is 0 Å². The van der Waals surface area contributed by atoms with Crippen molar-refractivity contribution in [3.05, 3.63) is 59.0 Å². The third-order valence-electron chi connectivity index (χ3n) is 4.73. The average Bonchev–Trinajstić information content (AvgIpc) is 3.35. The summed E-state index contributed by atoms with van der Waals surface area (Å²) in [5.41, 5.74) is 3.80. The summed E-state index contributed by atoms with van der Waals surface area (Å²) in [5.74, 6) is 1.40. The summed E-state index contributed by atoms with van der Waals surface area (Å²) in [6, 6.07) is 10.8. The van der Waals surface area contributed by atoms with E-state index >= 15 is 0 Å². The van der Waals surface area contributed by atoms with Gasteiger partial charge in [0.2, 0.25) is 11.7 Å². The molecule has 0 amide bonds. The first-order chi connectivity index (χ1) is 12.8. The number of anilines is 1. The third-order valence-corrected chi connectivity index (χ3v) is 6.24. The lowest BCUT2D eigenvalue weighted by atomic mass is 10.1. The van der Waals surface area contributed by atoms with Crippen LogP contribution in [0.2, 0.25) is 0 Å². The predicted molar refractivity (Wildman–Crippen MR) is 103 cm³/mol. The molecule has 1 fully saturated rings. The monoisotopic (exact) mass is 383 g/mol. The van der Waals surface area contributed by atoms with Gasteiger partial charge in [-0.05, 0) is 56.9 Å². The fraction of sp³-hybridized carbons (Fsp3) is 0.300. The molecular formula is C20H21N3O3S. The van der Waals surface area contributed by atoms with E-state index in [1.54, 1.807) is 25.1 Å². The van der Waals surface area contributed by atoms with E-state index in [2.05, 4.69) is 14.9 Å². The molecule has 0 aliphatic heterocycles. The first-order valence-electron chi connectivity index (χ1n) is 8.88. The van der Waals surface area contributed by atoms with Crippen molar-refractivity contribution >= 4 is 15.7 Å². The van der Waals surface area contributed by atoms with Crippen LogP contribution in [0.3, 0.4) is 0 Å². The molecule has 6 nitrogen and oxygen atoms in total. The van der Waals surface area contributed by atoms with Gasteiger partial charge in [-0.25, -0.2) is 8.42 Å². The number of benzene rings is 2. The van der Waals surface area contributed by atoms with Crippen LogP contribution in [0.1, 0.15) is 41.3 Å². The van der Waals surface area contributed by atoms with E-state index in [0.29, 0.717) is 34.4 Å². The van der Waals surface area contributed by atoms with Gasteiger partial charge in [-0.2, -0.15) is 4.98 Å². The SMILES string of the molecule is Cc1ccc(NS(=O)(=O)c2cc(-c3noc(C4CC4)n3)ccc2C)c(C)c1. The molecule has 4 rings (SSSR count). The van der Waals surface area contributed by atoms with Gasteiger partial charge in [-0.3, -0.25) is 4.72 Å². The first kappa shape index (κ1) is 17.7. The highest BCUT2D eigenvalue weighted by Gasteiger charge is 2.30. The molecule has 0 spiro atoms. The molecule has 3 aromatic rings. The topological polar surface area (TPSA) is 85.1 Å². The number of sulfonamides is 1. The predicted octanol–water partition coefficient (Wildman–Crippen LogP) is 4.34. The molecule has 7 heteroatoms. The second kappa shape index (κ2) is 6.49. The number of hydrogen-bond donors (Lipinski definition) is 1. The van der Waals surface area contributed by atoms with Crippen LogP contribution in [0.25, 0.3) is 11.4 Å². The number of nitrogens with zero attached hydrogens (tertiary/aromatic N) is 2. The largest absolute Gasteiger partial charge is 0.339 e. The van der Waals surface area contributed by atoms with E-state index in [9.17, 15) is 8.42 Å². The second-order valence-corrected chi connectivity index (χ2v) is 8.79. The van der Waals surface area contributed by atoms with Crippen molar-refractivity contribution in [2.24, 2.45) is 0 Å². The fourth-order valence-corrected chi connectivity index (χ4v) is 4.41. The van der Waals surface area contributed by atoms with Crippen LogP contribution in [0, 0.1) is 20.8 Å². The minimum absolute atomic E-state index is 0.206. The van der Waals surface area contributed by atoms with Crippen molar-refractivity contribution in [2.75, 3.05) is 4.72 Å². The lowest BCUT2D eigenvalue weighted by Crippen LogP contribution is -2.15. The molecular weight excluding hydrogens is 362 g/mol. The Labute approximate surface area is 158 Å². The summed E-state index contributed by atoms with van der Waals surface area (Å²) >= 11 is 0. The van der Waals surface area contributed by atoms with Gasteiger partial charge in [-0.1, -0.05) is 35.0 Å². The number of nitrogens with one attached hydrogen (secondary N) is 1. The van der Waals surface area contributed by atoms with E-state index in [1.807, 2.05) is 32.0 Å². The normalized spacial score (nSPS) is 14.3. The Morgan fingerprint density at radius 2 is 1.81 bits per heavy atom. The summed E-state index contributed by atoms with van der Waals surface area (Å²) in [4.78, 5) is 4.62. The molecule has 2 aromatic carbocycles. The molecule has 1 heterocycles. The summed E-state index contributed by atoms with van der Waals surface area (Å²) in [6.45, 7) is 5.62. The van der Waals surface area contributed by atoms with Crippen LogP contribution >= 0.6 is 0 Å². The summed E-state index contributed by atoms with van der Waals surface area (Å²) in [5, 5.41) is 4.01. The molecule has 1 N–H and O–H groups in total. The Morgan fingerprint density at radius 1 is 1.04 bits per heavy atom. The molecule has 27 heavy (non-hydrogen) atoms. The molecule has 0 unspecified atom stereocenters. The lowest BCUT2D eigenvalue weighted by molar-refractivity contribution is 0.380. The number of aryl methyl sites for hydroxylation is 3. The van der Waals surface area contributed by atoms with E-state index < -0.39 is 10.0 Å².